The van der Waals surface area contributed by atoms with Gasteiger partial charge in [0.1, 0.15) is 0 Å². The molecule has 2 heteroatoms. The van der Waals surface area contributed by atoms with E-state index in [1.807, 2.05) is 6.21 Å². The van der Waals surface area contributed by atoms with E-state index in [0.29, 0.717) is 12.0 Å². The summed E-state index contributed by atoms with van der Waals surface area (Å²) >= 11 is 0. The lowest BCUT2D eigenvalue weighted by molar-refractivity contribution is 0.421. The Balaban J connectivity index is 2.40. The fourth-order valence-corrected chi connectivity index (χ4v) is 1.11. The van der Waals surface area contributed by atoms with Crippen molar-refractivity contribution in [2.75, 3.05) is 0 Å². The first-order valence-electron chi connectivity index (χ1n) is 4.69. The van der Waals surface area contributed by atoms with Crippen molar-refractivity contribution in [1.29, 1.82) is 0 Å². The van der Waals surface area contributed by atoms with E-state index >= 15 is 0 Å². The third-order valence-corrected chi connectivity index (χ3v) is 2.37. The van der Waals surface area contributed by atoms with Crippen molar-refractivity contribution in [2.45, 2.75) is 39.2 Å². The smallest absolute Gasteiger partial charge is 0.0499 e. The maximum absolute atomic E-state index is 5.47. The number of nitrogens with zero attached hydrogens (tertiary/aromatic N) is 1. The quantitative estimate of drug-likeness (QED) is 0.641. The van der Waals surface area contributed by atoms with Gasteiger partial charge in [0.15, 0.2) is 0 Å². The van der Waals surface area contributed by atoms with Gasteiger partial charge in [-0.05, 0) is 37.0 Å². The van der Waals surface area contributed by atoms with E-state index in [9.17, 15) is 0 Å². The summed E-state index contributed by atoms with van der Waals surface area (Å²) in [5.41, 5.74) is 6.61. The zero-order chi connectivity index (χ0) is 8.97. The van der Waals surface area contributed by atoms with Crippen LogP contribution in [-0.4, -0.2) is 12.3 Å². The maximum Gasteiger partial charge on any atom is 0.0499 e. The van der Waals surface area contributed by atoms with Gasteiger partial charge < -0.3 is 5.73 Å². The second-order valence-corrected chi connectivity index (χ2v) is 3.68. The molecule has 0 unspecified atom stereocenters. The highest BCUT2D eigenvalue weighted by molar-refractivity contribution is 5.79. The lowest BCUT2D eigenvalue weighted by Crippen LogP contribution is -2.15. The van der Waals surface area contributed by atoms with Crippen LogP contribution in [0.15, 0.2) is 16.8 Å². The number of rotatable bonds is 3. The number of aliphatic imine (C=N–C) groups is 1. The van der Waals surface area contributed by atoms with Crippen molar-refractivity contribution in [2.24, 2.45) is 16.6 Å². The molecule has 68 valence electrons. The molecule has 0 aromatic carbocycles. The second kappa shape index (κ2) is 4.29. The van der Waals surface area contributed by atoms with Crippen LogP contribution in [0.2, 0.25) is 0 Å². The lowest BCUT2D eigenvalue weighted by Gasteiger charge is -2.20. The Morgan fingerprint density at radius 3 is 2.50 bits per heavy atom. The van der Waals surface area contributed by atoms with Gasteiger partial charge in [-0.2, -0.15) is 0 Å². The van der Waals surface area contributed by atoms with E-state index in [-0.39, 0.29) is 0 Å². The molecule has 0 bridgehead atoms. The highest BCUT2D eigenvalue weighted by Gasteiger charge is 2.14. The third kappa shape index (κ3) is 2.36. The highest BCUT2D eigenvalue weighted by Crippen LogP contribution is 2.21. The molecular weight excluding hydrogens is 148 g/mol. The Morgan fingerprint density at radius 1 is 1.50 bits per heavy atom. The maximum atomic E-state index is 5.47. The SMILES string of the molecule is CC(C)/C(C=NC1CCC1)=C/N. The molecule has 0 radical (unpaired) electrons. The van der Waals surface area contributed by atoms with Crippen LogP contribution >= 0.6 is 0 Å². The van der Waals surface area contributed by atoms with Crippen molar-refractivity contribution in [1.82, 2.24) is 0 Å². The molecule has 1 aliphatic carbocycles. The molecule has 0 saturated heterocycles. The summed E-state index contributed by atoms with van der Waals surface area (Å²) in [5.74, 6) is 0.485. The van der Waals surface area contributed by atoms with Gasteiger partial charge in [-0.25, -0.2) is 0 Å². The molecule has 1 rings (SSSR count). The standard InChI is InChI=1S/C10H18N2/c1-8(2)9(6-11)7-12-10-4-3-5-10/h6-8,10H,3-5,11H2,1-2H3/b9-6+,12-7?. The molecule has 0 aromatic heterocycles. The minimum atomic E-state index is 0.485. The molecule has 1 aliphatic rings. The molecule has 0 aliphatic heterocycles. The molecule has 0 aromatic rings. The predicted octanol–water partition coefficient (Wildman–Crippen LogP) is 2.11. The van der Waals surface area contributed by atoms with Gasteiger partial charge in [-0.1, -0.05) is 13.8 Å². The Labute approximate surface area is 74.6 Å². The first kappa shape index (κ1) is 9.30. The van der Waals surface area contributed by atoms with Crippen LogP contribution in [0.5, 0.6) is 0 Å². The molecule has 2 N–H and O–H groups in total. The van der Waals surface area contributed by atoms with Crippen molar-refractivity contribution in [3.8, 4) is 0 Å². The lowest BCUT2D eigenvalue weighted by atomic mass is 9.94. The summed E-state index contributed by atoms with van der Waals surface area (Å²) in [6, 6.07) is 0.582. The first-order valence-corrected chi connectivity index (χ1v) is 4.69. The number of allylic oxidation sites excluding steroid dienone is 1. The highest BCUT2D eigenvalue weighted by atomic mass is 14.8. The minimum absolute atomic E-state index is 0.485. The third-order valence-electron chi connectivity index (χ3n) is 2.37. The Hall–Kier alpha value is -0.790. The fraction of sp³-hybridized carbons (Fsp3) is 0.700. The van der Waals surface area contributed by atoms with E-state index in [0.717, 1.165) is 5.57 Å². The van der Waals surface area contributed by atoms with Gasteiger partial charge in [0.05, 0.1) is 0 Å². The minimum Gasteiger partial charge on any atom is -0.404 e. The van der Waals surface area contributed by atoms with Gasteiger partial charge in [0, 0.05) is 12.3 Å². The van der Waals surface area contributed by atoms with Gasteiger partial charge in [-0.15, -0.1) is 0 Å². The first-order chi connectivity index (χ1) is 5.74. The molecule has 0 amide bonds. The number of hydrogen-bond acceptors (Lipinski definition) is 2. The zero-order valence-electron chi connectivity index (χ0n) is 7.96. The van der Waals surface area contributed by atoms with Crippen LogP contribution in [0.25, 0.3) is 0 Å². The fourth-order valence-electron chi connectivity index (χ4n) is 1.11. The summed E-state index contributed by atoms with van der Waals surface area (Å²) in [7, 11) is 0. The van der Waals surface area contributed by atoms with Crippen LogP contribution in [0, 0.1) is 5.92 Å². The van der Waals surface area contributed by atoms with Crippen LogP contribution in [0.1, 0.15) is 33.1 Å². The van der Waals surface area contributed by atoms with Crippen molar-refractivity contribution >= 4 is 6.21 Å². The Bertz CT molecular complexity index is 188. The van der Waals surface area contributed by atoms with E-state index in [4.69, 9.17) is 5.73 Å². The van der Waals surface area contributed by atoms with Gasteiger partial charge >= 0.3 is 0 Å². The van der Waals surface area contributed by atoms with E-state index < -0.39 is 0 Å². The normalized spacial score (nSPS) is 20.4. The van der Waals surface area contributed by atoms with Gasteiger partial charge in [0.25, 0.3) is 0 Å². The van der Waals surface area contributed by atoms with Crippen LogP contribution < -0.4 is 5.73 Å². The Morgan fingerprint density at radius 2 is 2.17 bits per heavy atom. The predicted molar refractivity (Wildman–Crippen MR) is 53.2 cm³/mol. The molecule has 2 nitrogen and oxygen atoms in total. The van der Waals surface area contributed by atoms with Crippen LogP contribution in [-0.2, 0) is 0 Å². The van der Waals surface area contributed by atoms with Crippen molar-refractivity contribution in [3.05, 3.63) is 11.8 Å². The van der Waals surface area contributed by atoms with E-state index in [1.165, 1.54) is 19.3 Å². The second-order valence-electron chi connectivity index (χ2n) is 3.68. The monoisotopic (exact) mass is 166 g/mol. The zero-order valence-corrected chi connectivity index (χ0v) is 7.96. The summed E-state index contributed by atoms with van der Waals surface area (Å²) in [4.78, 5) is 4.45. The summed E-state index contributed by atoms with van der Waals surface area (Å²) in [6.07, 6.45) is 7.45. The summed E-state index contributed by atoms with van der Waals surface area (Å²) < 4.78 is 0. The molecule has 1 saturated carbocycles. The van der Waals surface area contributed by atoms with E-state index in [1.54, 1.807) is 6.20 Å². The van der Waals surface area contributed by atoms with E-state index in [2.05, 4.69) is 18.8 Å². The number of hydrogen-bond donors (Lipinski definition) is 1. The van der Waals surface area contributed by atoms with Crippen molar-refractivity contribution in [3.63, 3.8) is 0 Å². The topological polar surface area (TPSA) is 38.4 Å². The average Bonchev–Trinajstić information content (AvgIpc) is 1.93. The summed E-state index contributed by atoms with van der Waals surface area (Å²) in [5, 5.41) is 0. The largest absolute Gasteiger partial charge is 0.404 e. The molecule has 0 heterocycles. The molecule has 1 fully saturated rings. The molecular formula is C10H18N2. The Kier molecular flexibility index (Phi) is 3.32. The van der Waals surface area contributed by atoms with Gasteiger partial charge in [0.2, 0.25) is 0 Å². The number of nitrogens with two attached hydrogens (primary N) is 1. The molecule has 12 heavy (non-hydrogen) atoms. The average molecular weight is 166 g/mol. The molecule has 0 atom stereocenters. The van der Waals surface area contributed by atoms with Crippen molar-refractivity contribution < 1.29 is 0 Å². The van der Waals surface area contributed by atoms with Crippen LogP contribution in [0.4, 0.5) is 0 Å². The molecule has 0 spiro atoms. The van der Waals surface area contributed by atoms with Gasteiger partial charge in [-0.3, -0.25) is 4.99 Å². The summed E-state index contributed by atoms with van der Waals surface area (Å²) in [6.45, 7) is 4.26. The van der Waals surface area contributed by atoms with Crippen LogP contribution in [0.3, 0.4) is 0 Å².